The van der Waals surface area contributed by atoms with E-state index >= 15 is 0 Å². The molecule has 0 aliphatic carbocycles. The molecule has 1 N–H and O–H groups in total. The maximum atomic E-state index is 13.0. The van der Waals surface area contributed by atoms with Crippen molar-refractivity contribution in [2.45, 2.75) is 12.5 Å². The fraction of sp³-hybridized carbons (Fsp3) is 0.417. The molecule has 1 atom stereocenters. The molecule has 1 aromatic rings. The molecule has 1 saturated heterocycles. The quantitative estimate of drug-likeness (QED) is 0.907. The second-order valence-electron chi connectivity index (χ2n) is 4.19. The highest BCUT2D eigenvalue weighted by molar-refractivity contribution is 6.31. The number of hydrogen-bond donors (Lipinski definition) is 1. The smallest absolute Gasteiger partial charge is 0.253 e. The summed E-state index contributed by atoms with van der Waals surface area (Å²) >= 11 is 5.66. The van der Waals surface area contributed by atoms with Crippen LogP contribution in [0.3, 0.4) is 0 Å². The van der Waals surface area contributed by atoms with Gasteiger partial charge in [-0.2, -0.15) is 0 Å². The number of hydrogen-bond acceptors (Lipinski definition) is 2. The maximum absolute atomic E-state index is 13.0. The van der Waals surface area contributed by atoms with Crippen molar-refractivity contribution in [2.24, 2.45) is 0 Å². The van der Waals surface area contributed by atoms with Crippen LogP contribution in [0.2, 0.25) is 5.02 Å². The van der Waals surface area contributed by atoms with Crippen molar-refractivity contribution >= 4 is 29.9 Å². The first-order chi connectivity index (χ1) is 8.09. The summed E-state index contributed by atoms with van der Waals surface area (Å²) in [5.41, 5.74) is 0.422. The van der Waals surface area contributed by atoms with Gasteiger partial charge in [0.05, 0.1) is 5.02 Å². The Kier molecular flexibility index (Phi) is 5.38. The van der Waals surface area contributed by atoms with Gasteiger partial charge in [-0.25, -0.2) is 4.39 Å². The van der Waals surface area contributed by atoms with Gasteiger partial charge in [-0.1, -0.05) is 11.6 Å². The van der Waals surface area contributed by atoms with Gasteiger partial charge in [0.2, 0.25) is 0 Å². The van der Waals surface area contributed by atoms with Crippen LogP contribution in [0, 0.1) is 5.82 Å². The van der Waals surface area contributed by atoms with Crippen molar-refractivity contribution in [3.63, 3.8) is 0 Å². The van der Waals surface area contributed by atoms with Crippen molar-refractivity contribution in [2.75, 3.05) is 20.1 Å². The third-order valence-corrected chi connectivity index (χ3v) is 3.36. The Morgan fingerprint density at radius 2 is 2.28 bits per heavy atom. The Morgan fingerprint density at radius 3 is 2.83 bits per heavy atom. The molecule has 18 heavy (non-hydrogen) atoms. The lowest BCUT2D eigenvalue weighted by Gasteiger charge is -2.23. The second kappa shape index (κ2) is 6.36. The summed E-state index contributed by atoms with van der Waals surface area (Å²) < 4.78 is 13.0. The molecule has 1 aliphatic rings. The van der Waals surface area contributed by atoms with Crippen LogP contribution in [0.4, 0.5) is 4.39 Å². The molecule has 1 aromatic carbocycles. The largest absolute Gasteiger partial charge is 0.337 e. The van der Waals surface area contributed by atoms with E-state index in [9.17, 15) is 9.18 Å². The highest BCUT2D eigenvalue weighted by Gasteiger charge is 2.24. The lowest BCUT2D eigenvalue weighted by Crippen LogP contribution is -2.38. The standard InChI is InChI=1S/C12H14ClFN2O.ClH/c1-16(9-4-5-15-7-9)12(17)8-2-3-11(14)10(13)6-8;/h2-3,6,9,15H,4-5,7H2,1H3;1H/t9-;/m0./s1. The molecule has 0 aromatic heterocycles. The van der Waals surface area contributed by atoms with E-state index in [2.05, 4.69) is 5.32 Å². The van der Waals surface area contributed by atoms with Gasteiger partial charge in [0.15, 0.2) is 0 Å². The first-order valence-corrected chi connectivity index (χ1v) is 5.90. The van der Waals surface area contributed by atoms with Gasteiger partial charge in [-0.3, -0.25) is 4.79 Å². The predicted molar refractivity (Wildman–Crippen MR) is 72.0 cm³/mol. The van der Waals surface area contributed by atoms with E-state index in [0.29, 0.717) is 5.56 Å². The molecular weight excluding hydrogens is 278 g/mol. The number of amides is 1. The van der Waals surface area contributed by atoms with Crippen molar-refractivity contribution in [1.82, 2.24) is 10.2 Å². The second-order valence-corrected chi connectivity index (χ2v) is 4.60. The molecule has 0 spiro atoms. The fourth-order valence-corrected chi connectivity index (χ4v) is 2.15. The molecule has 0 bridgehead atoms. The molecule has 1 fully saturated rings. The number of likely N-dealkylation sites (N-methyl/N-ethyl adjacent to an activating group) is 1. The first kappa shape index (κ1) is 15.2. The molecule has 0 radical (unpaired) electrons. The van der Waals surface area contributed by atoms with Crippen molar-refractivity contribution in [3.05, 3.63) is 34.6 Å². The van der Waals surface area contributed by atoms with Crippen LogP contribution in [0.15, 0.2) is 18.2 Å². The molecule has 0 unspecified atom stereocenters. The molecule has 1 aliphatic heterocycles. The maximum Gasteiger partial charge on any atom is 0.253 e. The SMILES string of the molecule is CN(C(=O)c1ccc(F)c(Cl)c1)[C@H]1CCNC1.Cl. The molecule has 100 valence electrons. The predicted octanol–water partition coefficient (Wildman–Crippen LogP) is 2.33. The summed E-state index contributed by atoms with van der Waals surface area (Å²) in [6, 6.07) is 4.25. The summed E-state index contributed by atoms with van der Waals surface area (Å²) in [6.45, 7) is 1.73. The van der Waals surface area contributed by atoms with Crippen LogP contribution >= 0.6 is 24.0 Å². The number of benzene rings is 1. The van der Waals surface area contributed by atoms with E-state index in [-0.39, 0.29) is 29.4 Å². The van der Waals surface area contributed by atoms with Crippen LogP contribution in [0.5, 0.6) is 0 Å². The average molecular weight is 293 g/mol. The minimum absolute atomic E-state index is 0. The lowest BCUT2D eigenvalue weighted by atomic mass is 10.1. The van der Waals surface area contributed by atoms with E-state index in [1.165, 1.54) is 18.2 Å². The molecule has 0 saturated carbocycles. The van der Waals surface area contributed by atoms with E-state index in [1.54, 1.807) is 11.9 Å². The van der Waals surface area contributed by atoms with Crippen LogP contribution in [0.25, 0.3) is 0 Å². The zero-order valence-electron chi connectivity index (χ0n) is 9.95. The summed E-state index contributed by atoms with van der Waals surface area (Å²) in [7, 11) is 1.76. The number of nitrogens with one attached hydrogen (secondary N) is 1. The molecule has 6 heteroatoms. The number of halogens is 3. The Hall–Kier alpha value is -0.840. The molecule has 1 amide bonds. The Bertz CT molecular complexity index is 436. The van der Waals surface area contributed by atoms with Crippen LogP contribution < -0.4 is 5.32 Å². The minimum Gasteiger partial charge on any atom is -0.337 e. The van der Waals surface area contributed by atoms with Gasteiger partial charge in [0, 0.05) is 25.2 Å². The van der Waals surface area contributed by atoms with Gasteiger partial charge in [0.25, 0.3) is 5.91 Å². The van der Waals surface area contributed by atoms with Gasteiger partial charge >= 0.3 is 0 Å². The van der Waals surface area contributed by atoms with Crippen molar-refractivity contribution in [3.8, 4) is 0 Å². The third kappa shape index (κ3) is 3.13. The monoisotopic (exact) mass is 292 g/mol. The highest BCUT2D eigenvalue weighted by atomic mass is 35.5. The van der Waals surface area contributed by atoms with Gasteiger partial charge in [-0.05, 0) is 31.2 Å². The third-order valence-electron chi connectivity index (χ3n) is 3.07. The molecule has 1 heterocycles. The molecular formula is C12H15Cl2FN2O. The van der Waals surface area contributed by atoms with E-state index in [0.717, 1.165) is 19.5 Å². The number of nitrogens with zero attached hydrogens (tertiary/aromatic N) is 1. The number of rotatable bonds is 2. The molecule has 2 rings (SSSR count). The molecule has 3 nitrogen and oxygen atoms in total. The Balaban J connectivity index is 0.00000162. The Labute approximate surface area is 117 Å². The highest BCUT2D eigenvalue weighted by Crippen LogP contribution is 2.18. The summed E-state index contributed by atoms with van der Waals surface area (Å²) in [5, 5.41) is 3.18. The van der Waals surface area contributed by atoms with E-state index < -0.39 is 5.82 Å². The Morgan fingerprint density at radius 1 is 1.56 bits per heavy atom. The number of carbonyl (C=O) groups is 1. The topological polar surface area (TPSA) is 32.3 Å². The van der Waals surface area contributed by atoms with Crippen molar-refractivity contribution < 1.29 is 9.18 Å². The normalized spacial score (nSPS) is 18.3. The van der Waals surface area contributed by atoms with Gasteiger partial charge in [-0.15, -0.1) is 12.4 Å². The summed E-state index contributed by atoms with van der Waals surface area (Å²) in [5.74, 6) is -0.631. The van der Waals surface area contributed by atoms with Gasteiger partial charge < -0.3 is 10.2 Å². The summed E-state index contributed by atoms with van der Waals surface area (Å²) in [4.78, 5) is 13.8. The lowest BCUT2D eigenvalue weighted by molar-refractivity contribution is 0.0743. The zero-order valence-corrected chi connectivity index (χ0v) is 11.5. The van der Waals surface area contributed by atoms with Crippen LogP contribution in [0.1, 0.15) is 16.8 Å². The van der Waals surface area contributed by atoms with Crippen molar-refractivity contribution in [1.29, 1.82) is 0 Å². The summed E-state index contributed by atoms with van der Waals surface area (Å²) in [6.07, 6.45) is 0.942. The van der Waals surface area contributed by atoms with Gasteiger partial charge in [0.1, 0.15) is 5.82 Å². The minimum atomic E-state index is -0.506. The zero-order chi connectivity index (χ0) is 12.4. The van der Waals surface area contributed by atoms with Crippen LogP contribution in [-0.2, 0) is 0 Å². The fourth-order valence-electron chi connectivity index (χ4n) is 1.97. The van der Waals surface area contributed by atoms with E-state index in [1.807, 2.05) is 0 Å². The van der Waals surface area contributed by atoms with Crippen LogP contribution in [-0.4, -0.2) is 37.0 Å². The first-order valence-electron chi connectivity index (χ1n) is 5.52. The average Bonchev–Trinajstić information content (AvgIpc) is 2.84. The van der Waals surface area contributed by atoms with E-state index in [4.69, 9.17) is 11.6 Å². The number of carbonyl (C=O) groups excluding carboxylic acids is 1.